The first-order chi connectivity index (χ1) is 18.9. The summed E-state index contributed by atoms with van der Waals surface area (Å²) in [4.78, 5) is 0. The zero-order valence-electron chi connectivity index (χ0n) is 23.6. The Morgan fingerprint density at radius 2 is 1.05 bits per heavy atom. The minimum absolute atomic E-state index is 0.192. The Bertz CT molecular complexity index is 1140. The van der Waals surface area contributed by atoms with E-state index in [1.54, 1.807) is 0 Å². The van der Waals surface area contributed by atoms with Gasteiger partial charge in [0.15, 0.2) is 23.0 Å². The van der Waals surface area contributed by atoms with Crippen LogP contribution < -0.4 is 28.4 Å². The molecule has 0 aliphatic heterocycles. The monoisotopic (exact) mass is 568 g/mol. The second-order valence-corrected chi connectivity index (χ2v) is 9.18. The lowest BCUT2D eigenvalue weighted by Crippen LogP contribution is -2.66. The number of hydrogen-bond acceptors (Lipinski definition) is 12. The summed E-state index contributed by atoms with van der Waals surface area (Å²) in [5.41, 5.74) is -4.44. The van der Waals surface area contributed by atoms with Gasteiger partial charge in [-0.25, -0.2) is 0 Å². The van der Waals surface area contributed by atoms with Crippen LogP contribution in [0.2, 0.25) is 0 Å². The molecule has 0 heterocycles. The van der Waals surface area contributed by atoms with E-state index in [0.29, 0.717) is 22.8 Å². The zero-order chi connectivity index (χ0) is 30.3. The predicted octanol–water partition coefficient (Wildman–Crippen LogP) is 0.247. The largest absolute Gasteiger partial charge is 0.496 e. The van der Waals surface area contributed by atoms with Gasteiger partial charge in [0.25, 0.3) is 0 Å². The summed E-state index contributed by atoms with van der Waals surface area (Å²) in [7, 11) is 8.44. The molecule has 2 aromatic rings. The normalized spacial score (nSPS) is 16.5. The summed E-state index contributed by atoms with van der Waals surface area (Å²) in [6.45, 7) is 2.69. The van der Waals surface area contributed by atoms with Crippen LogP contribution in [0.15, 0.2) is 36.9 Å². The number of ether oxygens (including phenoxy) is 6. The van der Waals surface area contributed by atoms with Gasteiger partial charge in [0, 0.05) is 36.1 Å². The molecule has 0 fully saturated rings. The minimum Gasteiger partial charge on any atom is -0.496 e. The van der Waals surface area contributed by atoms with Crippen molar-refractivity contribution >= 4 is 0 Å². The van der Waals surface area contributed by atoms with Crippen LogP contribution in [0.25, 0.3) is 0 Å². The topological polar surface area (TPSA) is 177 Å². The third-order valence-electron chi connectivity index (χ3n) is 6.88. The molecular weight excluding hydrogens is 528 g/mol. The van der Waals surface area contributed by atoms with E-state index in [1.165, 1.54) is 66.9 Å². The minimum atomic E-state index is -2.68. The van der Waals surface area contributed by atoms with Crippen molar-refractivity contribution in [2.24, 2.45) is 0 Å². The van der Waals surface area contributed by atoms with E-state index in [4.69, 9.17) is 28.4 Å². The smallest absolute Gasteiger partial charge is 0.164 e. The first-order valence-electron chi connectivity index (χ1n) is 12.2. The predicted molar refractivity (Wildman–Crippen MR) is 145 cm³/mol. The molecule has 224 valence electrons. The number of hydrogen-bond donors (Lipinski definition) is 6. The fourth-order valence-corrected chi connectivity index (χ4v) is 4.58. The van der Waals surface area contributed by atoms with E-state index in [2.05, 4.69) is 6.58 Å². The van der Waals surface area contributed by atoms with Crippen molar-refractivity contribution in [2.45, 2.75) is 42.4 Å². The number of benzene rings is 2. The van der Waals surface area contributed by atoms with Crippen LogP contribution in [-0.2, 0) is 12.8 Å². The van der Waals surface area contributed by atoms with Gasteiger partial charge in [-0.3, -0.25) is 0 Å². The van der Waals surface area contributed by atoms with Crippen LogP contribution in [0.5, 0.6) is 34.5 Å². The maximum absolute atomic E-state index is 11.9. The number of methoxy groups -OCH3 is 6. The quantitative estimate of drug-likeness (QED) is 0.152. The van der Waals surface area contributed by atoms with Crippen LogP contribution in [0.3, 0.4) is 0 Å². The van der Waals surface area contributed by atoms with Crippen LogP contribution >= 0.6 is 0 Å². The molecule has 2 rings (SSSR count). The molecule has 0 amide bonds. The number of rotatable bonds is 16. The van der Waals surface area contributed by atoms with Crippen molar-refractivity contribution in [2.75, 3.05) is 49.3 Å². The first-order valence-corrected chi connectivity index (χ1v) is 12.2. The molecule has 0 aromatic heterocycles. The average molecular weight is 569 g/mol. The lowest BCUT2D eigenvalue weighted by atomic mass is 9.72. The molecule has 12 heteroatoms. The van der Waals surface area contributed by atoms with Crippen LogP contribution in [0.1, 0.15) is 11.1 Å². The SMILES string of the molecule is C=CC(O)(Cc1cc(OC)c(OC)cc1OC)[C@@H](O)[C@@](O)(Cc1cc(OC)c(OC)cc1OC)[C@H](O)[C@@H](O)CO. The Labute approximate surface area is 233 Å². The van der Waals surface area contributed by atoms with E-state index in [9.17, 15) is 30.6 Å². The second kappa shape index (κ2) is 13.9. The van der Waals surface area contributed by atoms with Crippen molar-refractivity contribution in [1.82, 2.24) is 0 Å². The first kappa shape index (κ1) is 32.9. The van der Waals surface area contributed by atoms with E-state index in [1.807, 2.05) is 0 Å². The van der Waals surface area contributed by atoms with Gasteiger partial charge in [-0.2, -0.15) is 0 Å². The molecule has 0 saturated carbocycles. The molecule has 2 aromatic carbocycles. The Morgan fingerprint density at radius 1 is 0.675 bits per heavy atom. The summed E-state index contributed by atoms with van der Waals surface area (Å²) in [5, 5.41) is 66.1. The molecule has 0 spiro atoms. The molecule has 0 aliphatic rings. The van der Waals surface area contributed by atoms with Gasteiger partial charge in [0.05, 0.1) is 49.3 Å². The maximum atomic E-state index is 11.9. The summed E-state index contributed by atoms with van der Waals surface area (Å²) >= 11 is 0. The molecule has 12 nitrogen and oxygen atoms in total. The summed E-state index contributed by atoms with van der Waals surface area (Å²) in [5.74, 6) is 1.68. The van der Waals surface area contributed by atoms with Crippen LogP contribution in [0, 0.1) is 0 Å². The van der Waals surface area contributed by atoms with Crippen molar-refractivity contribution in [1.29, 1.82) is 0 Å². The molecule has 0 radical (unpaired) electrons. The molecule has 0 bridgehead atoms. The summed E-state index contributed by atoms with van der Waals surface area (Å²) in [6, 6.07) is 5.98. The molecule has 5 atom stereocenters. The lowest BCUT2D eigenvalue weighted by Gasteiger charge is -2.45. The highest BCUT2D eigenvalue weighted by atomic mass is 16.5. The third kappa shape index (κ3) is 6.54. The zero-order valence-corrected chi connectivity index (χ0v) is 23.6. The van der Waals surface area contributed by atoms with Gasteiger partial charge in [-0.05, 0) is 12.1 Å². The van der Waals surface area contributed by atoms with Gasteiger partial charge in [0.2, 0.25) is 0 Å². The van der Waals surface area contributed by atoms with Crippen molar-refractivity contribution in [3.63, 3.8) is 0 Å². The number of aliphatic hydroxyl groups is 6. The van der Waals surface area contributed by atoms with Crippen LogP contribution in [0.4, 0.5) is 0 Å². The standard InChI is InChI=1S/C28H40O12/c1-8-27(33,13-16-9-21(37-4)23(39-6)11-19(16)35-2)26(32)28(34,25(31)18(30)15-29)14-17-10-22(38-5)24(40-7)12-20(17)36-3/h8-12,18,25-26,29-34H,1,13-15H2,2-7H3/t18-,25+,26+,27?,28+/m0/s1. The van der Waals surface area contributed by atoms with Crippen molar-refractivity contribution < 1.29 is 59.1 Å². The second-order valence-electron chi connectivity index (χ2n) is 9.18. The third-order valence-corrected chi connectivity index (χ3v) is 6.88. The average Bonchev–Trinajstić information content (AvgIpc) is 2.98. The Kier molecular flexibility index (Phi) is 11.4. The van der Waals surface area contributed by atoms with Gasteiger partial charge in [0.1, 0.15) is 41.0 Å². The lowest BCUT2D eigenvalue weighted by molar-refractivity contribution is -0.218. The van der Waals surface area contributed by atoms with Gasteiger partial charge in [-0.15, -0.1) is 6.58 Å². The van der Waals surface area contributed by atoms with E-state index in [-0.39, 0.29) is 29.2 Å². The molecule has 0 saturated heterocycles. The van der Waals surface area contributed by atoms with Crippen molar-refractivity contribution in [3.8, 4) is 34.5 Å². The maximum Gasteiger partial charge on any atom is 0.164 e. The van der Waals surface area contributed by atoms with Gasteiger partial charge in [-0.1, -0.05) is 6.08 Å². The molecule has 1 unspecified atom stereocenters. The Hall–Kier alpha value is -3.26. The molecular formula is C28H40O12. The van der Waals surface area contributed by atoms with E-state index < -0.39 is 42.5 Å². The summed E-state index contributed by atoms with van der Waals surface area (Å²) in [6.07, 6.45) is -6.18. The highest BCUT2D eigenvalue weighted by Crippen LogP contribution is 2.41. The fraction of sp³-hybridized carbons (Fsp3) is 0.500. The van der Waals surface area contributed by atoms with Gasteiger partial charge < -0.3 is 59.1 Å². The Balaban J connectivity index is 2.69. The summed E-state index contributed by atoms with van der Waals surface area (Å²) < 4.78 is 32.1. The molecule has 40 heavy (non-hydrogen) atoms. The fourth-order valence-electron chi connectivity index (χ4n) is 4.58. The van der Waals surface area contributed by atoms with E-state index >= 15 is 0 Å². The van der Waals surface area contributed by atoms with Gasteiger partial charge >= 0.3 is 0 Å². The Morgan fingerprint density at radius 3 is 1.40 bits per heavy atom. The highest BCUT2D eigenvalue weighted by molar-refractivity contribution is 5.53. The van der Waals surface area contributed by atoms with Crippen molar-refractivity contribution in [3.05, 3.63) is 48.0 Å². The molecule has 0 aliphatic carbocycles. The molecule has 6 N–H and O–H groups in total. The highest BCUT2D eigenvalue weighted by Gasteiger charge is 2.54. The van der Waals surface area contributed by atoms with E-state index in [0.717, 1.165) is 6.08 Å². The number of aliphatic hydroxyl groups excluding tert-OH is 4. The van der Waals surface area contributed by atoms with Crippen LogP contribution in [-0.4, -0.2) is 109 Å².